The van der Waals surface area contributed by atoms with Crippen molar-refractivity contribution in [3.8, 4) is 0 Å². The van der Waals surface area contributed by atoms with Crippen molar-refractivity contribution in [2.24, 2.45) is 5.92 Å². The van der Waals surface area contributed by atoms with E-state index in [1.54, 1.807) is 0 Å². The van der Waals surface area contributed by atoms with E-state index in [-0.39, 0.29) is 0 Å². The molecule has 0 spiro atoms. The summed E-state index contributed by atoms with van der Waals surface area (Å²) in [4.78, 5) is 0. The Morgan fingerprint density at radius 2 is 1.93 bits per heavy atom. The van der Waals surface area contributed by atoms with Crippen LogP contribution in [-0.4, -0.2) is 6.04 Å². The quantitative estimate of drug-likeness (QED) is 0.793. The first-order valence-corrected chi connectivity index (χ1v) is 5.98. The molecule has 2 rings (SSSR count). The van der Waals surface area contributed by atoms with Gasteiger partial charge in [0.25, 0.3) is 0 Å². The number of hydrogen-bond acceptors (Lipinski definition) is 1. The number of benzene rings is 1. The Bertz CT molecular complexity index is 326. The van der Waals surface area contributed by atoms with Crippen LogP contribution in [0, 0.1) is 12.8 Å². The van der Waals surface area contributed by atoms with E-state index in [1.807, 2.05) is 0 Å². The lowest BCUT2D eigenvalue weighted by molar-refractivity contribution is 0.226. The molecule has 1 heteroatoms. The van der Waals surface area contributed by atoms with Gasteiger partial charge in [0, 0.05) is 12.1 Å². The Labute approximate surface area is 92.9 Å². The summed E-state index contributed by atoms with van der Waals surface area (Å²) >= 11 is 0. The minimum absolute atomic E-state index is 0.490. The predicted molar refractivity (Wildman–Crippen MR) is 64.9 cm³/mol. The van der Waals surface area contributed by atoms with Crippen LogP contribution in [0.3, 0.4) is 0 Å². The third-order valence-electron chi connectivity index (χ3n) is 3.51. The van der Waals surface area contributed by atoms with Gasteiger partial charge in [-0.05, 0) is 43.7 Å². The summed E-state index contributed by atoms with van der Waals surface area (Å²) in [6, 6.07) is 9.89. The first-order valence-electron chi connectivity index (χ1n) is 5.98. The van der Waals surface area contributed by atoms with E-state index in [1.165, 1.54) is 24.0 Å². The lowest BCUT2D eigenvalue weighted by Gasteiger charge is -2.36. The molecule has 0 unspecified atom stereocenters. The van der Waals surface area contributed by atoms with Crippen molar-refractivity contribution in [2.75, 3.05) is 0 Å². The highest BCUT2D eigenvalue weighted by atomic mass is 15.0. The summed E-state index contributed by atoms with van der Waals surface area (Å²) < 4.78 is 0. The van der Waals surface area contributed by atoms with Crippen LogP contribution in [0.4, 0.5) is 0 Å². The van der Waals surface area contributed by atoms with Gasteiger partial charge >= 0.3 is 0 Å². The van der Waals surface area contributed by atoms with Crippen LogP contribution in [0.2, 0.25) is 0 Å². The summed E-state index contributed by atoms with van der Waals surface area (Å²) in [6.45, 7) is 6.79. The van der Waals surface area contributed by atoms with Crippen molar-refractivity contribution in [1.29, 1.82) is 0 Å². The van der Waals surface area contributed by atoms with Crippen LogP contribution in [0.15, 0.2) is 24.3 Å². The smallest absolute Gasteiger partial charge is 0.0296 e. The van der Waals surface area contributed by atoms with Crippen LogP contribution < -0.4 is 5.32 Å². The number of rotatable bonds is 3. The third-order valence-corrected chi connectivity index (χ3v) is 3.51. The largest absolute Gasteiger partial charge is 0.307 e. The molecule has 1 nitrogen and oxygen atoms in total. The van der Waals surface area contributed by atoms with Crippen molar-refractivity contribution in [2.45, 2.75) is 45.7 Å². The molecule has 1 fully saturated rings. The molecule has 0 saturated heterocycles. The molecule has 1 aromatic rings. The number of hydrogen-bond donors (Lipinski definition) is 1. The van der Waals surface area contributed by atoms with Crippen molar-refractivity contribution in [3.05, 3.63) is 35.4 Å². The summed E-state index contributed by atoms with van der Waals surface area (Å²) in [5.74, 6) is 0.923. The van der Waals surface area contributed by atoms with Crippen LogP contribution in [0.25, 0.3) is 0 Å². The van der Waals surface area contributed by atoms with Crippen LogP contribution >= 0.6 is 0 Å². The summed E-state index contributed by atoms with van der Waals surface area (Å²) in [5, 5.41) is 3.70. The zero-order valence-electron chi connectivity index (χ0n) is 9.96. The Kier molecular flexibility index (Phi) is 3.11. The van der Waals surface area contributed by atoms with Gasteiger partial charge in [-0.15, -0.1) is 0 Å². The fourth-order valence-corrected chi connectivity index (χ4v) is 2.55. The van der Waals surface area contributed by atoms with E-state index >= 15 is 0 Å². The fraction of sp³-hybridized carbons (Fsp3) is 0.571. The zero-order valence-corrected chi connectivity index (χ0v) is 9.96. The van der Waals surface area contributed by atoms with Gasteiger partial charge in [-0.2, -0.15) is 0 Å². The van der Waals surface area contributed by atoms with Crippen LogP contribution in [0.5, 0.6) is 0 Å². The molecule has 0 heterocycles. The molecule has 0 bridgehead atoms. The van der Waals surface area contributed by atoms with Gasteiger partial charge in [-0.25, -0.2) is 0 Å². The van der Waals surface area contributed by atoms with Crippen molar-refractivity contribution < 1.29 is 0 Å². The first-order chi connectivity index (χ1) is 7.16. The van der Waals surface area contributed by atoms with Gasteiger partial charge in [0.15, 0.2) is 0 Å². The molecule has 1 aromatic carbocycles. The van der Waals surface area contributed by atoms with Crippen molar-refractivity contribution in [1.82, 2.24) is 5.32 Å². The minimum atomic E-state index is 0.490. The zero-order chi connectivity index (χ0) is 10.8. The second kappa shape index (κ2) is 4.36. The molecular weight excluding hydrogens is 182 g/mol. The maximum absolute atomic E-state index is 3.70. The monoisotopic (exact) mass is 203 g/mol. The van der Waals surface area contributed by atoms with Gasteiger partial charge < -0.3 is 5.32 Å². The van der Waals surface area contributed by atoms with Gasteiger partial charge in [-0.3, -0.25) is 0 Å². The SMILES string of the molecule is Cc1ccccc1[C@H](C)NC1CC(C)C1. The predicted octanol–water partition coefficient (Wildman–Crippen LogP) is 3.44. The topological polar surface area (TPSA) is 12.0 Å². The first kappa shape index (κ1) is 10.7. The third kappa shape index (κ3) is 2.40. The number of nitrogens with one attached hydrogen (secondary N) is 1. The summed E-state index contributed by atoms with van der Waals surface area (Å²) in [7, 11) is 0. The van der Waals surface area contributed by atoms with E-state index in [0.717, 1.165) is 12.0 Å². The molecule has 15 heavy (non-hydrogen) atoms. The lowest BCUT2D eigenvalue weighted by Crippen LogP contribution is -2.41. The van der Waals surface area contributed by atoms with Gasteiger partial charge in [0.2, 0.25) is 0 Å². The van der Waals surface area contributed by atoms with Crippen LogP contribution in [0.1, 0.15) is 43.9 Å². The van der Waals surface area contributed by atoms with Gasteiger partial charge in [0.05, 0.1) is 0 Å². The second-order valence-electron chi connectivity index (χ2n) is 5.02. The summed E-state index contributed by atoms with van der Waals surface area (Å²) in [6.07, 6.45) is 2.69. The van der Waals surface area contributed by atoms with E-state index < -0.39 is 0 Å². The van der Waals surface area contributed by atoms with Crippen molar-refractivity contribution in [3.63, 3.8) is 0 Å². The molecule has 1 saturated carbocycles. The Morgan fingerprint density at radius 3 is 2.53 bits per heavy atom. The molecule has 1 N–H and O–H groups in total. The van der Waals surface area contributed by atoms with Crippen molar-refractivity contribution >= 4 is 0 Å². The molecule has 1 atom stereocenters. The average molecular weight is 203 g/mol. The standard InChI is InChI=1S/C14H21N/c1-10-8-13(9-10)15-12(3)14-7-5-4-6-11(14)2/h4-7,10,12-13,15H,8-9H2,1-3H3/t10?,12-,13?/m0/s1. The Morgan fingerprint density at radius 1 is 1.27 bits per heavy atom. The van der Waals surface area contributed by atoms with E-state index in [0.29, 0.717) is 6.04 Å². The second-order valence-corrected chi connectivity index (χ2v) is 5.02. The molecule has 0 amide bonds. The fourth-order valence-electron chi connectivity index (χ4n) is 2.55. The summed E-state index contributed by atoms with van der Waals surface area (Å²) in [5.41, 5.74) is 2.84. The minimum Gasteiger partial charge on any atom is -0.307 e. The molecular formula is C14H21N. The Hall–Kier alpha value is -0.820. The van der Waals surface area contributed by atoms with E-state index in [2.05, 4.69) is 50.4 Å². The van der Waals surface area contributed by atoms with Gasteiger partial charge in [0.1, 0.15) is 0 Å². The molecule has 82 valence electrons. The van der Waals surface area contributed by atoms with Gasteiger partial charge in [-0.1, -0.05) is 31.2 Å². The molecule has 0 radical (unpaired) electrons. The highest BCUT2D eigenvalue weighted by Gasteiger charge is 2.26. The highest BCUT2D eigenvalue weighted by molar-refractivity contribution is 5.28. The maximum Gasteiger partial charge on any atom is 0.0296 e. The average Bonchev–Trinajstić information content (AvgIpc) is 2.16. The van der Waals surface area contributed by atoms with E-state index in [9.17, 15) is 0 Å². The molecule has 0 aromatic heterocycles. The molecule has 1 aliphatic carbocycles. The van der Waals surface area contributed by atoms with E-state index in [4.69, 9.17) is 0 Å². The maximum atomic E-state index is 3.70. The molecule has 1 aliphatic rings. The molecule has 0 aliphatic heterocycles. The normalized spacial score (nSPS) is 27.1. The number of aryl methyl sites for hydroxylation is 1. The Balaban J connectivity index is 1.96. The highest BCUT2D eigenvalue weighted by Crippen LogP contribution is 2.29. The lowest BCUT2D eigenvalue weighted by atomic mass is 9.81. The van der Waals surface area contributed by atoms with Crippen LogP contribution in [-0.2, 0) is 0 Å².